The van der Waals surface area contributed by atoms with Gasteiger partial charge in [-0.15, -0.1) is 0 Å². The van der Waals surface area contributed by atoms with Crippen LogP contribution in [0.15, 0.2) is 36.5 Å². The Balaban J connectivity index is 2.86. The summed E-state index contributed by atoms with van der Waals surface area (Å²) in [4.78, 5) is 11.8. The minimum atomic E-state index is -0.456. The molecule has 4 heteroatoms. The van der Waals surface area contributed by atoms with Crippen molar-refractivity contribution in [2.24, 2.45) is 5.92 Å². The third kappa shape index (κ3) is 4.43. The fourth-order valence-corrected chi connectivity index (χ4v) is 1.74. The van der Waals surface area contributed by atoms with E-state index in [0.29, 0.717) is 12.2 Å². The Morgan fingerprint density at radius 2 is 2.05 bits per heavy atom. The summed E-state index contributed by atoms with van der Waals surface area (Å²) in [7, 11) is 0. The molecular weight excluding hydrogens is 252 g/mol. The minimum Gasteiger partial charge on any atom is -0.464 e. The van der Waals surface area contributed by atoms with Gasteiger partial charge in [-0.1, -0.05) is 44.2 Å². The van der Waals surface area contributed by atoms with Gasteiger partial charge < -0.3 is 10.1 Å². The Morgan fingerprint density at radius 1 is 1.40 bits per heavy atom. The van der Waals surface area contributed by atoms with Crippen LogP contribution in [0.5, 0.6) is 0 Å². The lowest BCUT2D eigenvalue weighted by atomic mass is 10.0. The second-order valence-electron chi connectivity index (χ2n) is 4.68. The van der Waals surface area contributed by atoms with E-state index >= 15 is 0 Å². The maximum atomic E-state index is 11.8. The summed E-state index contributed by atoms with van der Waals surface area (Å²) in [5.74, 6) is -0.231. The lowest BCUT2D eigenvalue weighted by molar-refractivity contribution is -0.146. The molecule has 1 N–H and O–H groups in total. The Bertz CT molecular complexity index is 501. The van der Waals surface area contributed by atoms with Crippen molar-refractivity contribution in [1.82, 2.24) is 5.32 Å². The van der Waals surface area contributed by atoms with E-state index in [1.807, 2.05) is 44.2 Å². The number of hydrogen-bond donors (Lipinski definition) is 1. The van der Waals surface area contributed by atoms with Crippen molar-refractivity contribution in [3.63, 3.8) is 0 Å². The summed E-state index contributed by atoms with van der Waals surface area (Å²) in [6.07, 6.45) is 1.58. The topological polar surface area (TPSA) is 62.1 Å². The van der Waals surface area contributed by atoms with Gasteiger partial charge >= 0.3 is 5.97 Å². The van der Waals surface area contributed by atoms with Gasteiger partial charge in [-0.2, -0.15) is 5.26 Å². The number of rotatable bonds is 6. The molecule has 0 aliphatic heterocycles. The summed E-state index contributed by atoms with van der Waals surface area (Å²) in [5, 5.41) is 12.2. The van der Waals surface area contributed by atoms with Crippen molar-refractivity contribution >= 4 is 11.5 Å². The summed E-state index contributed by atoms with van der Waals surface area (Å²) >= 11 is 0. The van der Waals surface area contributed by atoms with Crippen molar-refractivity contribution in [1.29, 1.82) is 5.26 Å². The highest BCUT2D eigenvalue weighted by Crippen LogP contribution is 2.13. The van der Waals surface area contributed by atoms with Gasteiger partial charge in [0.2, 0.25) is 0 Å². The van der Waals surface area contributed by atoms with Crippen molar-refractivity contribution in [2.45, 2.75) is 26.8 Å². The molecule has 20 heavy (non-hydrogen) atoms. The van der Waals surface area contributed by atoms with Gasteiger partial charge in [-0.05, 0) is 18.4 Å². The van der Waals surface area contributed by atoms with Crippen LogP contribution >= 0.6 is 0 Å². The predicted molar refractivity (Wildman–Crippen MR) is 78.4 cm³/mol. The van der Waals surface area contributed by atoms with E-state index in [0.717, 1.165) is 5.56 Å². The summed E-state index contributed by atoms with van der Waals surface area (Å²) in [6.45, 7) is 5.97. The summed E-state index contributed by atoms with van der Waals surface area (Å²) < 4.78 is 5.02. The largest absolute Gasteiger partial charge is 0.464 e. The maximum absolute atomic E-state index is 11.8. The number of carbonyl (C=O) groups excluding carboxylic acids is 1. The van der Waals surface area contributed by atoms with E-state index in [1.165, 1.54) is 0 Å². The Morgan fingerprint density at radius 3 is 2.55 bits per heavy atom. The van der Waals surface area contributed by atoms with E-state index in [2.05, 4.69) is 11.4 Å². The van der Waals surface area contributed by atoms with Crippen LogP contribution in [0.3, 0.4) is 0 Å². The number of allylic oxidation sites excluding steroid dienone is 1. The second-order valence-corrected chi connectivity index (χ2v) is 4.68. The number of nitrogens with zero attached hydrogens (tertiary/aromatic N) is 1. The van der Waals surface area contributed by atoms with Gasteiger partial charge in [-0.25, -0.2) is 4.79 Å². The highest BCUT2D eigenvalue weighted by Gasteiger charge is 2.22. The Labute approximate surface area is 120 Å². The van der Waals surface area contributed by atoms with E-state index in [1.54, 1.807) is 13.1 Å². The van der Waals surface area contributed by atoms with E-state index < -0.39 is 6.04 Å². The monoisotopic (exact) mass is 272 g/mol. The number of ether oxygens (including phenoxy) is 1. The van der Waals surface area contributed by atoms with Gasteiger partial charge in [0.05, 0.1) is 12.2 Å². The second kappa shape index (κ2) is 8.00. The van der Waals surface area contributed by atoms with Gasteiger partial charge in [0, 0.05) is 6.20 Å². The summed E-state index contributed by atoms with van der Waals surface area (Å²) in [5.41, 5.74) is 1.30. The van der Waals surface area contributed by atoms with Crippen LogP contribution in [0.2, 0.25) is 0 Å². The first-order chi connectivity index (χ1) is 9.60. The lowest BCUT2D eigenvalue weighted by Crippen LogP contribution is -2.39. The zero-order valence-electron chi connectivity index (χ0n) is 12.1. The van der Waals surface area contributed by atoms with E-state index in [9.17, 15) is 10.1 Å². The van der Waals surface area contributed by atoms with Crippen LogP contribution in [-0.2, 0) is 9.53 Å². The Hall–Kier alpha value is -2.28. The molecule has 0 spiro atoms. The first kappa shape index (κ1) is 15.8. The number of nitrogens with one attached hydrogen (secondary N) is 1. The molecule has 106 valence electrons. The molecule has 1 rings (SSSR count). The highest BCUT2D eigenvalue weighted by atomic mass is 16.5. The number of carbonyl (C=O) groups is 1. The fourth-order valence-electron chi connectivity index (χ4n) is 1.74. The maximum Gasteiger partial charge on any atom is 0.328 e. The van der Waals surface area contributed by atoms with Crippen molar-refractivity contribution in [3.8, 4) is 6.07 Å². The first-order valence-corrected chi connectivity index (χ1v) is 6.68. The van der Waals surface area contributed by atoms with E-state index in [-0.39, 0.29) is 11.9 Å². The average Bonchev–Trinajstić information content (AvgIpc) is 2.44. The molecule has 0 radical (unpaired) electrons. The van der Waals surface area contributed by atoms with Gasteiger partial charge in [0.15, 0.2) is 0 Å². The molecule has 0 fully saturated rings. The van der Waals surface area contributed by atoms with Crippen molar-refractivity contribution in [3.05, 3.63) is 42.1 Å². The van der Waals surface area contributed by atoms with Crippen molar-refractivity contribution < 1.29 is 9.53 Å². The fraction of sp³-hybridized carbons (Fsp3) is 0.375. The van der Waals surface area contributed by atoms with Crippen molar-refractivity contribution in [2.75, 3.05) is 6.61 Å². The zero-order chi connectivity index (χ0) is 15.0. The molecular formula is C16H20N2O2. The molecule has 0 heterocycles. The molecule has 1 aromatic carbocycles. The van der Waals surface area contributed by atoms with Gasteiger partial charge in [0.1, 0.15) is 12.1 Å². The first-order valence-electron chi connectivity index (χ1n) is 6.68. The van der Waals surface area contributed by atoms with Crippen LogP contribution in [-0.4, -0.2) is 18.6 Å². The molecule has 0 bridgehead atoms. The third-order valence-electron chi connectivity index (χ3n) is 2.82. The van der Waals surface area contributed by atoms with Gasteiger partial charge in [0.25, 0.3) is 0 Å². The van der Waals surface area contributed by atoms with Crippen LogP contribution in [0.1, 0.15) is 26.3 Å². The molecule has 0 amide bonds. The SMILES string of the molecule is CCOC(=O)[C@@H](N/C=C(\C#N)c1ccccc1)C(C)C. The molecule has 4 nitrogen and oxygen atoms in total. The summed E-state index contributed by atoms with van der Waals surface area (Å²) in [6, 6.07) is 11.0. The number of esters is 1. The Kier molecular flexibility index (Phi) is 6.31. The molecule has 1 aromatic rings. The highest BCUT2D eigenvalue weighted by molar-refractivity contribution is 5.79. The van der Waals surface area contributed by atoms with E-state index in [4.69, 9.17) is 4.74 Å². The standard InChI is InChI=1S/C16H20N2O2/c1-4-20-16(19)15(12(2)3)18-11-14(10-17)13-8-6-5-7-9-13/h5-9,11-12,15,18H,4H2,1-3H3/b14-11+/t15-/m0/s1. The van der Waals surface area contributed by atoms with Crippen LogP contribution in [0, 0.1) is 17.2 Å². The average molecular weight is 272 g/mol. The lowest BCUT2D eigenvalue weighted by Gasteiger charge is -2.19. The molecule has 0 saturated carbocycles. The molecule has 0 saturated heterocycles. The number of benzene rings is 1. The smallest absolute Gasteiger partial charge is 0.328 e. The number of hydrogen-bond acceptors (Lipinski definition) is 4. The normalized spacial score (nSPS) is 12.7. The van der Waals surface area contributed by atoms with Gasteiger partial charge in [-0.3, -0.25) is 0 Å². The molecule has 0 aromatic heterocycles. The molecule has 0 aliphatic carbocycles. The quantitative estimate of drug-likeness (QED) is 0.639. The number of nitriles is 1. The molecule has 0 aliphatic rings. The van der Waals surface area contributed by atoms with Crippen LogP contribution in [0.4, 0.5) is 0 Å². The molecule has 0 unspecified atom stereocenters. The van der Waals surface area contributed by atoms with Crippen LogP contribution in [0.25, 0.3) is 5.57 Å². The minimum absolute atomic E-state index is 0.0704. The van der Waals surface area contributed by atoms with Crippen LogP contribution < -0.4 is 5.32 Å². The third-order valence-corrected chi connectivity index (χ3v) is 2.82. The zero-order valence-corrected chi connectivity index (χ0v) is 12.1. The molecule has 1 atom stereocenters. The predicted octanol–water partition coefficient (Wildman–Crippen LogP) is 2.73.